The lowest BCUT2D eigenvalue weighted by Crippen LogP contribution is -2.50. The number of aryl methyl sites for hydroxylation is 1. The minimum absolute atomic E-state index is 0.105. The smallest absolute Gasteiger partial charge is 0.305 e. The molecule has 0 saturated heterocycles. The maximum atomic E-state index is 12.3. The number of benzene rings is 1. The van der Waals surface area contributed by atoms with Crippen LogP contribution in [-0.2, 0) is 9.53 Å². The Morgan fingerprint density at radius 2 is 2.00 bits per heavy atom. The van der Waals surface area contributed by atoms with E-state index in [1.165, 1.54) is 14.2 Å². The fourth-order valence-corrected chi connectivity index (χ4v) is 2.09. The lowest BCUT2D eigenvalue weighted by atomic mass is 9.98. The second kappa shape index (κ2) is 7.08. The number of hydrogen-bond acceptors (Lipinski definition) is 4. The highest BCUT2D eigenvalue weighted by atomic mass is 16.5. The van der Waals surface area contributed by atoms with Crippen LogP contribution in [-0.4, -0.2) is 43.3 Å². The first kappa shape index (κ1) is 17.0. The predicted octanol–water partition coefficient (Wildman–Crippen LogP) is 1.61. The Hall–Kier alpha value is -2.08. The van der Waals surface area contributed by atoms with Crippen molar-refractivity contribution in [2.45, 2.75) is 25.8 Å². The lowest BCUT2D eigenvalue weighted by molar-refractivity contribution is -0.139. The van der Waals surface area contributed by atoms with E-state index >= 15 is 0 Å². The number of hydrogen-bond donors (Lipinski definition) is 2. The summed E-state index contributed by atoms with van der Waals surface area (Å²) in [5.74, 6) is -0.764. The fourth-order valence-electron chi connectivity index (χ4n) is 2.09. The molecule has 0 aliphatic carbocycles. The minimum Gasteiger partial charge on any atom is -0.496 e. The third-order valence-corrected chi connectivity index (χ3v) is 3.09. The minimum atomic E-state index is -1.00. The van der Waals surface area contributed by atoms with E-state index in [9.17, 15) is 9.59 Å². The van der Waals surface area contributed by atoms with Crippen molar-refractivity contribution in [3.05, 3.63) is 29.3 Å². The molecule has 0 fully saturated rings. The Bertz CT molecular complexity index is 529. The number of carboxylic acids is 1. The normalized spacial score (nSPS) is 13.3. The molecule has 21 heavy (non-hydrogen) atoms. The van der Waals surface area contributed by atoms with Gasteiger partial charge in [0.05, 0.1) is 25.7 Å². The number of methoxy groups -OCH3 is 2. The van der Waals surface area contributed by atoms with Gasteiger partial charge in [-0.3, -0.25) is 9.59 Å². The molecule has 1 amide bonds. The topological polar surface area (TPSA) is 84.9 Å². The van der Waals surface area contributed by atoms with E-state index in [2.05, 4.69) is 5.32 Å². The molecule has 0 aromatic heterocycles. The van der Waals surface area contributed by atoms with Crippen LogP contribution in [0.4, 0.5) is 0 Å². The van der Waals surface area contributed by atoms with E-state index in [0.29, 0.717) is 11.3 Å². The Balaban J connectivity index is 2.94. The molecule has 1 rings (SSSR count). The quantitative estimate of drug-likeness (QED) is 0.798. The zero-order chi connectivity index (χ0) is 16.0. The van der Waals surface area contributed by atoms with Gasteiger partial charge in [-0.2, -0.15) is 0 Å². The summed E-state index contributed by atoms with van der Waals surface area (Å²) in [6.07, 6.45) is -0.227. The summed E-state index contributed by atoms with van der Waals surface area (Å²) in [5, 5.41) is 11.7. The van der Waals surface area contributed by atoms with E-state index in [-0.39, 0.29) is 18.9 Å². The molecule has 2 N–H and O–H groups in total. The Morgan fingerprint density at radius 1 is 1.33 bits per heavy atom. The molecule has 0 heterocycles. The maximum absolute atomic E-state index is 12.3. The van der Waals surface area contributed by atoms with Crippen LogP contribution in [0, 0.1) is 6.92 Å². The molecule has 6 nitrogen and oxygen atoms in total. The molecule has 1 aromatic rings. The summed E-state index contributed by atoms with van der Waals surface area (Å²) in [4.78, 5) is 23.2. The highest BCUT2D eigenvalue weighted by Crippen LogP contribution is 2.20. The molecular weight excluding hydrogens is 274 g/mol. The van der Waals surface area contributed by atoms with E-state index < -0.39 is 11.5 Å². The summed E-state index contributed by atoms with van der Waals surface area (Å²) in [7, 11) is 2.99. The second-order valence-electron chi connectivity index (χ2n) is 5.20. The van der Waals surface area contributed by atoms with Crippen LogP contribution in [0.2, 0.25) is 0 Å². The van der Waals surface area contributed by atoms with Crippen LogP contribution in [0.25, 0.3) is 0 Å². The number of carbonyl (C=O) groups excluding carboxylic acids is 1. The Labute approximate surface area is 124 Å². The van der Waals surface area contributed by atoms with Gasteiger partial charge in [0, 0.05) is 12.7 Å². The number of amides is 1. The standard InChI is InChI=1S/C15H21NO5/c1-10-5-6-11(7-12(10)21-4)14(19)16-15(2,9-20-3)8-13(17)18/h5-7H,8-9H2,1-4H3,(H,16,19)(H,17,18). The predicted molar refractivity (Wildman–Crippen MR) is 77.7 cm³/mol. The zero-order valence-electron chi connectivity index (χ0n) is 12.7. The first-order valence-corrected chi connectivity index (χ1v) is 6.49. The van der Waals surface area contributed by atoms with Crippen LogP contribution >= 0.6 is 0 Å². The largest absolute Gasteiger partial charge is 0.496 e. The van der Waals surface area contributed by atoms with Gasteiger partial charge in [0.2, 0.25) is 0 Å². The second-order valence-corrected chi connectivity index (χ2v) is 5.20. The molecule has 0 saturated carbocycles. The first-order chi connectivity index (χ1) is 9.81. The number of rotatable bonds is 7. The molecule has 0 aliphatic heterocycles. The highest BCUT2D eigenvalue weighted by Gasteiger charge is 2.30. The van der Waals surface area contributed by atoms with Gasteiger partial charge in [0.25, 0.3) is 5.91 Å². The van der Waals surface area contributed by atoms with Gasteiger partial charge in [0.15, 0.2) is 0 Å². The summed E-state index contributed by atoms with van der Waals surface area (Å²) in [5.41, 5.74) is 0.347. The van der Waals surface area contributed by atoms with Crippen molar-refractivity contribution in [3.8, 4) is 5.75 Å². The van der Waals surface area contributed by atoms with Crippen LogP contribution in [0.1, 0.15) is 29.3 Å². The van der Waals surface area contributed by atoms with Gasteiger partial charge >= 0.3 is 5.97 Å². The number of nitrogens with one attached hydrogen (secondary N) is 1. The lowest BCUT2D eigenvalue weighted by Gasteiger charge is -2.28. The number of carboxylic acid groups (broad SMARTS) is 1. The molecule has 0 radical (unpaired) electrons. The molecule has 0 aliphatic rings. The summed E-state index contributed by atoms with van der Waals surface area (Å²) in [6, 6.07) is 5.07. The van der Waals surface area contributed by atoms with Crippen molar-refractivity contribution in [2.75, 3.05) is 20.8 Å². The Morgan fingerprint density at radius 3 is 2.52 bits per heavy atom. The van der Waals surface area contributed by atoms with Crippen LogP contribution in [0.3, 0.4) is 0 Å². The van der Waals surface area contributed by atoms with E-state index in [1.54, 1.807) is 25.1 Å². The summed E-state index contributed by atoms with van der Waals surface area (Å²) in [6.45, 7) is 3.61. The summed E-state index contributed by atoms with van der Waals surface area (Å²) < 4.78 is 10.2. The summed E-state index contributed by atoms with van der Waals surface area (Å²) >= 11 is 0. The Kier molecular flexibility index (Phi) is 5.72. The SMILES string of the molecule is COCC(C)(CC(=O)O)NC(=O)c1ccc(C)c(OC)c1. The van der Waals surface area contributed by atoms with Crippen molar-refractivity contribution < 1.29 is 24.2 Å². The van der Waals surface area contributed by atoms with Crippen molar-refractivity contribution in [2.24, 2.45) is 0 Å². The number of aliphatic carboxylic acids is 1. The third kappa shape index (κ3) is 4.75. The maximum Gasteiger partial charge on any atom is 0.305 e. The molecule has 0 spiro atoms. The van der Waals surface area contributed by atoms with Crippen LogP contribution in [0.15, 0.2) is 18.2 Å². The third-order valence-electron chi connectivity index (χ3n) is 3.09. The van der Waals surface area contributed by atoms with Gasteiger partial charge < -0.3 is 19.9 Å². The molecule has 1 aromatic carbocycles. The van der Waals surface area contributed by atoms with Crippen molar-refractivity contribution >= 4 is 11.9 Å². The average Bonchev–Trinajstić information content (AvgIpc) is 2.37. The molecule has 6 heteroatoms. The highest BCUT2D eigenvalue weighted by molar-refractivity contribution is 5.95. The van der Waals surface area contributed by atoms with E-state index in [1.807, 2.05) is 6.92 Å². The molecule has 1 atom stereocenters. The van der Waals surface area contributed by atoms with E-state index in [4.69, 9.17) is 14.6 Å². The molecule has 116 valence electrons. The average molecular weight is 295 g/mol. The number of carbonyl (C=O) groups is 2. The van der Waals surface area contributed by atoms with Crippen molar-refractivity contribution in [3.63, 3.8) is 0 Å². The van der Waals surface area contributed by atoms with Crippen molar-refractivity contribution in [1.29, 1.82) is 0 Å². The van der Waals surface area contributed by atoms with E-state index in [0.717, 1.165) is 5.56 Å². The number of ether oxygens (including phenoxy) is 2. The van der Waals surface area contributed by atoms with Gasteiger partial charge in [0.1, 0.15) is 5.75 Å². The van der Waals surface area contributed by atoms with Crippen LogP contribution < -0.4 is 10.1 Å². The van der Waals surface area contributed by atoms with Gasteiger partial charge in [-0.15, -0.1) is 0 Å². The van der Waals surface area contributed by atoms with Crippen LogP contribution in [0.5, 0.6) is 5.75 Å². The first-order valence-electron chi connectivity index (χ1n) is 6.49. The van der Waals surface area contributed by atoms with Gasteiger partial charge in [-0.25, -0.2) is 0 Å². The molecule has 0 bridgehead atoms. The van der Waals surface area contributed by atoms with Gasteiger partial charge in [-0.1, -0.05) is 6.07 Å². The fraction of sp³-hybridized carbons (Fsp3) is 0.467. The monoisotopic (exact) mass is 295 g/mol. The zero-order valence-corrected chi connectivity index (χ0v) is 12.7. The van der Waals surface area contributed by atoms with Gasteiger partial charge in [-0.05, 0) is 31.5 Å². The molecular formula is C15H21NO5. The molecule has 1 unspecified atom stereocenters. The van der Waals surface area contributed by atoms with Crippen molar-refractivity contribution in [1.82, 2.24) is 5.32 Å².